The van der Waals surface area contributed by atoms with Gasteiger partial charge in [-0.05, 0) is 18.6 Å². The molecule has 0 atom stereocenters. The van der Waals surface area contributed by atoms with Gasteiger partial charge in [-0.25, -0.2) is 4.98 Å². The Bertz CT molecular complexity index is 359. The van der Waals surface area contributed by atoms with Crippen molar-refractivity contribution in [1.29, 1.82) is 0 Å². The Kier molecular flexibility index (Phi) is 3.74. The third kappa shape index (κ3) is 2.71. The lowest BCUT2D eigenvalue weighted by molar-refractivity contribution is 0.0741. The Hall–Kier alpha value is -1.13. The van der Waals surface area contributed by atoms with E-state index in [-0.39, 0.29) is 5.91 Å². The molecule has 86 valence electrons. The van der Waals surface area contributed by atoms with Crippen LogP contribution in [0.25, 0.3) is 0 Å². The molecule has 0 N–H and O–H groups in total. The lowest BCUT2D eigenvalue weighted by Crippen LogP contribution is -2.33. The van der Waals surface area contributed by atoms with Crippen LogP contribution in [0, 0.1) is 0 Å². The van der Waals surface area contributed by atoms with Crippen LogP contribution in [0.2, 0.25) is 5.15 Å². The molecule has 0 spiro atoms. The number of halogens is 1. The summed E-state index contributed by atoms with van der Waals surface area (Å²) in [5.41, 5.74) is 0.575. The molecule has 1 fully saturated rings. The second-order valence-electron chi connectivity index (χ2n) is 3.63. The van der Waals surface area contributed by atoms with Gasteiger partial charge in [0.15, 0.2) is 0 Å². The number of amides is 1. The number of carbonyl (C=O) groups excluding carboxylic acids is 1. The summed E-state index contributed by atoms with van der Waals surface area (Å²) in [6.45, 7) is 2.71. The van der Waals surface area contributed by atoms with Gasteiger partial charge in [0.25, 0.3) is 5.91 Å². The molecule has 2 rings (SSSR count). The molecular formula is C11H13ClN2O2. The molecule has 2 heterocycles. The standard InChI is InChI=1S/C11H13ClN2O2/c12-10-3-2-9(8-13-10)11(15)14-4-1-6-16-7-5-14/h2-3,8H,1,4-7H2. The van der Waals surface area contributed by atoms with Crippen molar-refractivity contribution in [3.63, 3.8) is 0 Å². The van der Waals surface area contributed by atoms with Crippen LogP contribution in [-0.4, -0.2) is 42.1 Å². The number of rotatable bonds is 1. The summed E-state index contributed by atoms with van der Waals surface area (Å²) in [6, 6.07) is 3.33. The molecule has 1 saturated heterocycles. The van der Waals surface area contributed by atoms with E-state index >= 15 is 0 Å². The quantitative estimate of drug-likeness (QED) is 0.701. The highest BCUT2D eigenvalue weighted by Crippen LogP contribution is 2.09. The van der Waals surface area contributed by atoms with Crippen LogP contribution in [-0.2, 0) is 4.74 Å². The molecule has 0 radical (unpaired) electrons. The summed E-state index contributed by atoms with van der Waals surface area (Å²) in [5.74, 6) is -0.00494. The van der Waals surface area contributed by atoms with Gasteiger partial charge in [0, 0.05) is 25.9 Å². The molecule has 4 nitrogen and oxygen atoms in total. The minimum Gasteiger partial charge on any atom is -0.380 e. The van der Waals surface area contributed by atoms with Crippen LogP contribution < -0.4 is 0 Å². The van der Waals surface area contributed by atoms with Crippen LogP contribution in [0.1, 0.15) is 16.8 Å². The number of pyridine rings is 1. The molecule has 5 heteroatoms. The summed E-state index contributed by atoms with van der Waals surface area (Å²) in [6.07, 6.45) is 2.39. The molecule has 1 aliphatic heterocycles. The molecular weight excluding hydrogens is 228 g/mol. The lowest BCUT2D eigenvalue weighted by atomic mass is 10.2. The average Bonchev–Trinajstić information content (AvgIpc) is 2.57. The highest BCUT2D eigenvalue weighted by Gasteiger charge is 2.17. The Balaban J connectivity index is 2.08. The largest absolute Gasteiger partial charge is 0.380 e. The third-order valence-corrected chi connectivity index (χ3v) is 2.71. The number of ether oxygens (including phenoxy) is 1. The molecule has 0 bridgehead atoms. The molecule has 1 amide bonds. The van der Waals surface area contributed by atoms with Gasteiger partial charge in [0.05, 0.1) is 12.2 Å². The first kappa shape index (κ1) is 11.4. The van der Waals surface area contributed by atoms with Gasteiger partial charge in [0.2, 0.25) is 0 Å². The van der Waals surface area contributed by atoms with Crippen molar-refractivity contribution in [2.75, 3.05) is 26.3 Å². The summed E-state index contributed by atoms with van der Waals surface area (Å²) >= 11 is 5.67. The summed E-state index contributed by atoms with van der Waals surface area (Å²) in [7, 11) is 0. The van der Waals surface area contributed by atoms with Crippen molar-refractivity contribution in [2.45, 2.75) is 6.42 Å². The van der Waals surface area contributed by atoms with Gasteiger partial charge in [-0.2, -0.15) is 0 Å². The van der Waals surface area contributed by atoms with Crippen molar-refractivity contribution in [1.82, 2.24) is 9.88 Å². The summed E-state index contributed by atoms with van der Waals surface area (Å²) < 4.78 is 5.30. The summed E-state index contributed by atoms with van der Waals surface area (Å²) in [4.78, 5) is 17.7. The molecule has 1 aliphatic rings. The number of hydrogen-bond donors (Lipinski definition) is 0. The molecule has 0 aliphatic carbocycles. The van der Waals surface area contributed by atoms with E-state index in [0.717, 1.165) is 19.6 Å². The number of hydrogen-bond acceptors (Lipinski definition) is 3. The van der Waals surface area contributed by atoms with E-state index in [1.54, 1.807) is 17.0 Å². The zero-order valence-corrected chi connectivity index (χ0v) is 9.61. The highest BCUT2D eigenvalue weighted by molar-refractivity contribution is 6.29. The van der Waals surface area contributed by atoms with Gasteiger partial charge >= 0.3 is 0 Å². The van der Waals surface area contributed by atoms with Crippen molar-refractivity contribution in [2.24, 2.45) is 0 Å². The van der Waals surface area contributed by atoms with Gasteiger partial charge in [-0.3, -0.25) is 4.79 Å². The Labute approximate surface area is 99.2 Å². The fourth-order valence-corrected chi connectivity index (χ4v) is 1.75. The SMILES string of the molecule is O=C(c1ccc(Cl)nc1)N1CCCOCC1. The minimum absolute atomic E-state index is 0.00494. The number of carbonyl (C=O) groups is 1. The van der Waals surface area contributed by atoms with Crippen molar-refractivity contribution in [3.8, 4) is 0 Å². The van der Waals surface area contributed by atoms with Crippen LogP contribution >= 0.6 is 11.6 Å². The monoisotopic (exact) mass is 240 g/mol. The van der Waals surface area contributed by atoms with Crippen molar-refractivity contribution < 1.29 is 9.53 Å². The summed E-state index contributed by atoms with van der Waals surface area (Å²) in [5, 5.41) is 0.399. The van der Waals surface area contributed by atoms with E-state index < -0.39 is 0 Å². The van der Waals surface area contributed by atoms with E-state index in [4.69, 9.17) is 16.3 Å². The Morgan fingerprint density at radius 1 is 1.38 bits per heavy atom. The molecule has 0 saturated carbocycles. The second kappa shape index (κ2) is 5.27. The zero-order valence-electron chi connectivity index (χ0n) is 8.86. The normalized spacial score (nSPS) is 16.9. The van der Waals surface area contributed by atoms with E-state index in [0.29, 0.717) is 23.9 Å². The van der Waals surface area contributed by atoms with Crippen LogP contribution in [0.5, 0.6) is 0 Å². The zero-order chi connectivity index (χ0) is 11.4. The average molecular weight is 241 g/mol. The Morgan fingerprint density at radius 3 is 3.00 bits per heavy atom. The predicted molar refractivity (Wildman–Crippen MR) is 60.6 cm³/mol. The second-order valence-corrected chi connectivity index (χ2v) is 4.01. The van der Waals surface area contributed by atoms with Crippen LogP contribution in [0.3, 0.4) is 0 Å². The maximum absolute atomic E-state index is 12.1. The van der Waals surface area contributed by atoms with E-state index in [1.807, 2.05) is 0 Å². The fraction of sp³-hybridized carbons (Fsp3) is 0.455. The van der Waals surface area contributed by atoms with Crippen LogP contribution in [0.4, 0.5) is 0 Å². The maximum atomic E-state index is 12.1. The molecule has 1 aromatic rings. The highest BCUT2D eigenvalue weighted by atomic mass is 35.5. The first-order valence-electron chi connectivity index (χ1n) is 5.26. The smallest absolute Gasteiger partial charge is 0.255 e. The Morgan fingerprint density at radius 2 is 2.25 bits per heavy atom. The first-order valence-corrected chi connectivity index (χ1v) is 5.64. The van der Waals surface area contributed by atoms with Gasteiger partial charge in [-0.15, -0.1) is 0 Å². The van der Waals surface area contributed by atoms with Crippen molar-refractivity contribution >= 4 is 17.5 Å². The molecule has 16 heavy (non-hydrogen) atoms. The van der Waals surface area contributed by atoms with E-state index in [2.05, 4.69) is 4.98 Å². The fourth-order valence-electron chi connectivity index (χ4n) is 1.63. The third-order valence-electron chi connectivity index (χ3n) is 2.48. The topological polar surface area (TPSA) is 42.4 Å². The molecule has 1 aromatic heterocycles. The first-order chi connectivity index (χ1) is 7.77. The molecule has 0 aromatic carbocycles. The molecule has 0 unspecified atom stereocenters. The van der Waals surface area contributed by atoms with E-state index in [9.17, 15) is 4.79 Å². The van der Waals surface area contributed by atoms with Crippen LogP contribution in [0.15, 0.2) is 18.3 Å². The number of aromatic nitrogens is 1. The predicted octanol–water partition coefficient (Wildman–Crippen LogP) is 1.60. The van der Waals surface area contributed by atoms with Gasteiger partial charge in [0.1, 0.15) is 5.15 Å². The minimum atomic E-state index is -0.00494. The van der Waals surface area contributed by atoms with Crippen molar-refractivity contribution in [3.05, 3.63) is 29.0 Å². The van der Waals surface area contributed by atoms with Gasteiger partial charge in [-0.1, -0.05) is 11.6 Å². The maximum Gasteiger partial charge on any atom is 0.255 e. The number of nitrogens with zero attached hydrogens (tertiary/aromatic N) is 2. The van der Waals surface area contributed by atoms with E-state index in [1.165, 1.54) is 6.20 Å². The van der Waals surface area contributed by atoms with Gasteiger partial charge < -0.3 is 9.64 Å². The lowest BCUT2D eigenvalue weighted by Gasteiger charge is -2.19.